The van der Waals surface area contributed by atoms with Gasteiger partial charge in [-0.3, -0.25) is 0 Å². The van der Waals surface area contributed by atoms with Crippen molar-refractivity contribution in [3.63, 3.8) is 0 Å². The number of hydrogen-bond acceptors (Lipinski definition) is 0. The molecule has 2 aliphatic carbocycles. The molecule has 0 heterocycles. The summed E-state index contributed by atoms with van der Waals surface area (Å²) >= 11 is 0. The van der Waals surface area contributed by atoms with Gasteiger partial charge in [-0.15, -0.1) is 0 Å². The molecule has 2 aromatic carbocycles. The molecular formula is C19H18. The third-order valence-electron chi connectivity index (χ3n) is 3.62. The van der Waals surface area contributed by atoms with Gasteiger partial charge >= 0.3 is 0 Å². The van der Waals surface area contributed by atoms with Crippen molar-refractivity contribution in [1.82, 2.24) is 0 Å². The minimum atomic E-state index is 1.12. The molecule has 0 aliphatic heterocycles. The van der Waals surface area contributed by atoms with Gasteiger partial charge in [0.1, 0.15) is 0 Å². The van der Waals surface area contributed by atoms with Gasteiger partial charge in [0.05, 0.1) is 0 Å². The molecule has 0 bridgehead atoms. The van der Waals surface area contributed by atoms with Crippen LogP contribution < -0.4 is 0 Å². The molecule has 2 aliphatic rings. The van der Waals surface area contributed by atoms with E-state index in [4.69, 9.17) is 0 Å². The third-order valence-corrected chi connectivity index (χ3v) is 3.62. The van der Waals surface area contributed by atoms with Crippen LogP contribution in [0.1, 0.15) is 28.7 Å². The monoisotopic (exact) mass is 246 g/mol. The summed E-state index contributed by atoms with van der Waals surface area (Å²) in [5.41, 5.74) is 5.73. The first-order valence-electron chi connectivity index (χ1n) is 6.92. The number of rotatable bonds is 0. The van der Waals surface area contributed by atoms with E-state index < -0.39 is 0 Å². The van der Waals surface area contributed by atoms with Gasteiger partial charge < -0.3 is 0 Å². The summed E-state index contributed by atoms with van der Waals surface area (Å²) in [6.07, 6.45) is 12.4. The lowest BCUT2D eigenvalue weighted by molar-refractivity contribution is 0.986. The minimum absolute atomic E-state index is 1.12. The highest BCUT2D eigenvalue weighted by Crippen LogP contribution is 2.18. The smallest absolute Gasteiger partial charge is 0.00882 e. The Hall–Kier alpha value is -2.08. The van der Waals surface area contributed by atoms with Gasteiger partial charge in [0.15, 0.2) is 0 Å². The van der Waals surface area contributed by atoms with Gasteiger partial charge in [-0.25, -0.2) is 0 Å². The van der Waals surface area contributed by atoms with Crippen molar-refractivity contribution in [1.29, 1.82) is 0 Å². The molecule has 19 heavy (non-hydrogen) atoms. The number of hydrogen-bond donors (Lipinski definition) is 0. The fraction of sp³-hybridized carbons (Fsp3) is 0.158. The van der Waals surface area contributed by atoms with Crippen LogP contribution in [-0.4, -0.2) is 0 Å². The van der Waals surface area contributed by atoms with Crippen LogP contribution in [0, 0.1) is 0 Å². The van der Waals surface area contributed by atoms with Gasteiger partial charge in [0.25, 0.3) is 0 Å². The number of allylic oxidation sites excluding steroid dienone is 2. The number of aryl methyl sites for hydroxylation is 1. The Bertz CT molecular complexity index is 617. The van der Waals surface area contributed by atoms with Crippen molar-refractivity contribution in [2.45, 2.75) is 19.3 Å². The lowest BCUT2D eigenvalue weighted by Crippen LogP contribution is -1.91. The van der Waals surface area contributed by atoms with E-state index in [1.807, 2.05) is 0 Å². The molecule has 0 spiro atoms. The molecule has 0 saturated heterocycles. The predicted octanol–water partition coefficient (Wildman–Crippen LogP) is 4.90. The van der Waals surface area contributed by atoms with Crippen molar-refractivity contribution in [3.05, 3.63) is 82.9 Å². The molecule has 0 fully saturated rings. The summed E-state index contributed by atoms with van der Waals surface area (Å²) in [6, 6.07) is 17.1. The summed E-state index contributed by atoms with van der Waals surface area (Å²) in [7, 11) is 0. The van der Waals surface area contributed by atoms with Crippen LogP contribution in [0.5, 0.6) is 0 Å². The molecule has 94 valence electrons. The number of fused-ring (bicyclic) bond motifs is 2. The largest absolute Gasteiger partial charge is 0.0836 e. The van der Waals surface area contributed by atoms with Gasteiger partial charge in [-0.1, -0.05) is 72.8 Å². The molecule has 0 unspecified atom stereocenters. The predicted molar refractivity (Wildman–Crippen MR) is 83.0 cm³/mol. The van der Waals surface area contributed by atoms with Crippen LogP contribution in [0.2, 0.25) is 0 Å². The molecule has 0 aromatic heterocycles. The first kappa shape index (κ1) is 12.0. The van der Waals surface area contributed by atoms with E-state index >= 15 is 0 Å². The molecule has 0 heteroatoms. The Kier molecular flexibility index (Phi) is 3.60. The molecule has 0 N–H and O–H groups in total. The lowest BCUT2D eigenvalue weighted by Gasteiger charge is -2.07. The second-order valence-electron chi connectivity index (χ2n) is 4.95. The molecule has 0 nitrogen and oxygen atoms in total. The topological polar surface area (TPSA) is 0 Å². The van der Waals surface area contributed by atoms with E-state index in [2.05, 4.69) is 72.8 Å². The van der Waals surface area contributed by atoms with E-state index in [9.17, 15) is 0 Å². The first-order valence-corrected chi connectivity index (χ1v) is 6.92. The van der Waals surface area contributed by atoms with E-state index in [0.717, 1.165) is 6.42 Å². The highest BCUT2D eigenvalue weighted by Gasteiger charge is 2.01. The third kappa shape index (κ3) is 2.85. The van der Waals surface area contributed by atoms with Gasteiger partial charge in [0, 0.05) is 0 Å². The number of benzene rings is 2. The average Bonchev–Trinajstić information content (AvgIpc) is 2.96. The minimum Gasteiger partial charge on any atom is -0.0836 e. The summed E-state index contributed by atoms with van der Waals surface area (Å²) in [4.78, 5) is 0. The Balaban J connectivity index is 0.000000117. The highest BCUT2D eigenvalue weighted by atomic mass is 14.1. The first-order chi connectivity index (χ1) is 9.43. The van der Waals surface area contributed by atoms with Gasteiger partial charge in [-0.05, 0) is 41.5 Å². The molecular weight excluding hydrogens is 228 g/mol. The van der Waals surface area contributed by atoms with Crippen molar-refractivity contribution >= 4 is 12.2 Å². The maximum Gasteiger partial charge on any atom is -0.00882 e. The van der Waals surface area contributed by atoms with Crippen molar-refractivity contribution in [2.75, 3.05) is 0 Å². The second kappa shape index (κ2) is 5.71. The summed E-state index contributed by atoms with van der Waals surface area (Å²) in [5.74, 6) is 0. The second-order valence-corrected chi connectivity index (χ2v) is 4.95. The molecule has 0 atom stereocenters. The summed E-state index contributed by atoms with van der Waals surface area (Å²) in [5, 5.41) is 0. The fourth-order valence-corrected chi connectivity index (χ4v) is 2.57. The van der Waals surface area contributed by atoms with Crippen molar-refractivity contribution in [3.8, 4) is 0 Å². The molecule has 0 amide bonds. The fourth-order valence-electron chi connectivity index (χ4n) is 2.57. The molecule has 4 rings (SSSR count). The van der Waals surface area contributed by atoms with Crippen LogP contribution in [0.3, 0.4) is 0 Å². The Morgan fingerprint density at radius 3 is 2.00 bits per heavy atom. The zero-order valence-electron chi connectivity index (χ0n) is 11.0. The quantitative estimate of drug-likeness (QED) is 0.620. The van der Waals surface area contributed by atoms with E-state index in [0.29, 0.717) is 0 Å². The molecule has 0 saturated carbocycles. The van der Waals surface area contributed by atoms with Crippen LogP contribution in [0.4, 0.5) is 0 Å². The zero-order chi connectivity index (χ0) is 12.9. The standard InChI is InChI=1S/C10H10.C9H8/c1-2-6-10-8-4-3-7-9(10)5-1;1-2-5-9-7-3-6-8(9)4-1/h1-3,5-7H,4,8H2;1-6H,7H2. The lowest BCUT2D eigenvalue weighted by atomic mass is 9.98. The molecule has 2 aromatic rings. The maximum absolute atomic E-state index is 2.24. The van der Waals surface area contributed by atoms with Crippen molar-refractivity contribution in [2.24, 2.45) is 0 Å². The summed E-state index contributed by atoms with van der Waals surface area (Å²) in [6.45, 7) is 0. The van der Waals surface area contributed by atoms with Crippen LogP contribution in [0.15, 0.2) is 60.7 Å². The SMILES string of the molecule is C1=Cc2ccccc2C1.C1=Cc2ccccc2CC1. The van der Waals surface area contributed by atoms with Crippen LogP contribution >= 0.6 is 0 Å². The zero-order valence-corrected chi connectivity index (χ0v) is 11.0. The highest BCUT2D eigenvalue weighted by molar-refractivity contribution is 5.59. The maximum atomic E-state index is 2.24. The average molecular weight is 246 g/mol. The van der Waals surface area contributed by atoms with E-state index in [1.165, 1.54) is 35.1 Å². The van der Waals surface area contributed by atoms with Crippen molar-refractivity contribution < 1.29 is 0 Å². The van der Waals surface area contributed by atoms with Crippen LogP contribution in [-0.2, 0) is 12.8 Å². The normalized spacial score (nSPS) is 14.3. The van der Waals surface area contributed by atoms with Gasteiger partial charge in [0.2, 0.25) is 0 Å². The Morgan fingerprint density at radius 2 is 1.26 bits per heavy atom. The molecule has 0 radical (unpaired) electrons. The summed E-state index contributed by atoms with van der Waals surface area (Å²) < 4.78 is 0. The van der Waals surface area contributed by atoms with E-state index in [1.54, 1.807) is 0 Å². The van der Waals surface area contributed by atoms with E-state index in [-0.39, 0.29) is 0 Å². The Morgan fingerprint density at radius 1 is 0.632 bits per heavy atom. The van der Waals surface area contributed by atoms with Crippen LogP contribution in [0.25, 0.3) is 12.2 Å². The van der Waals surface area contributed by atoms with Gasteiger partial charge in [-0.2, -0.15) is 0 Å². The Labute approximate surface area is 115 Å².